The monoisotopic (exact) mass is 324 g/mol. The lowest BCUT2D eigenvalue weighted by atomic mass is 9.86. The van der Waals surface area contributed by atoms with Crippen LogP contribution in [0.15, 0.2) is 10.9 Å². The van der Waals surface area contributed by atoms with Gasteiger partial charge in [-0.15, -0.1) is 11.3 Å². The molecule has 2 fully saturated rings. The Balaban J connectivity index is 1.64. The average Bonchev–Trinajstić information content (AvgIpc) is 3.00. The second-order valence-electron chi connectivity index (χ2n) is 6.27. The van der Waals surface area contributed by atoms with E-state index in [4.69, 9.17) is 0 Å². The quantitative estimate of drug-likeness (QED) is 0.833. The molecule has 0 spiro atoms. The summed E-state index contributed by atoms with van der Waals surface area (Å²) in [7, 11) is 2.05. The van der Waals surface area contributed by atoms with Gasteiger partial charge in [-0.25, -0.2) is 4.98 Å². The second-order valence-corrected chi connectivity index (χ2v) is 6.99. The summed E-state index contributed by atoms with van der Waals surface area (Å²) < 4.78 is 0. The standard InChI is InChI=1S/C15H24N4O2S/c1-18(7-11-9-22-10-17-11)12-3-2-4-13(15(12)21)19-6-5-16-14(20)8-19/h9-10,12-13,15,21H,2-8H2,1H3,(H,16,20)/t12-,13-,15-/m0/s1. The topological polar surface area (TPSA) is 68.7 Å². The van der Waals surface area contributed by atoms with Crippen molar-refractivity contribution >= 4 is 17.2 Å². The number of hydrogen-bond acceptors (Lipinski definition) is 6. The van der Waals surface area contributed by atoms with Gasteiger partial charge in [-0.3, -0.25) is 14.6 Å². The molecule has 2 N–H and O–H groups in total. The number of aliphatic hydroxyl groups is 1. The number of aromatic nitrogens is 1. The number of thiazole rings is 1. The van der Waals surface area contributed by atoms with Gasteiger partial charge in [0.2, 0.25) is 5.91 Å². The van der Waals surface area contributed by atoms with E-state index in [-0.39, 0.29) is 18.0 Å². The van der Waals surface area contributed by atoms with Crippen molar-refractivity contribution in [3.8, 4) is 0 Å². The van der Waals surface area contributed by atoms with E-state index in [0.29, 0.717) is 13.1 Å². The number of hydrogen-bond donors (Lipinski definition) is 2. The van der Waals surface area contributed by atoms with Crippen LogP contribution >= 0.6 is 11.3 Å². The lowest BCUT2D eigenvalue weighted by molar-refractivity contribution is -0.127. The molecule has 122 valence electrons. The fourth-order valence-electron chi connectivity index (χ4n) is 3.64. The minimum atomic E-state index is -0.414. The summed E-state index contributed by atoms with van der Waals surface area (Å²) in [6.45, 7) is 2.68. The van der Waals surface area contributed by atoms with Gasteiger partial charge in [0.25, 0.3) is 0 Å². The minimum absolute atomic E-state index is 0.0661. The fourth-order valence-corrected chi connectivity index (χ4v) is 4.19. The third-order valence-corrected chi connectivity index (χ3v) is 5.42. The normalized spacial score (nSPS) is 30.5. The van der Waals surface area contributed by atoms with Gasteiger partial charge in [-0.2, -0.15) is 0 Å². The highest BCUT2D eigenvalue weighted by atomic mass is 32.1. The summed E-state index contributed by atoms with van der Waals surface area (Å²) in [6.07, 6.45) is 2.64. The van der Waals surface area contributed by atoms with Crippen LogP contribution in [-0.4, -0.2) is 70.7 Å². The van der Waals surface area contributed by atoms with Gasteiger partial charge < -0.3 is 10.4 Å². The maximum atomic E-state index is 11.6. The lowest BCUT2D eigenvalue weighted by Gasteiger charge is -2.45. The first-order valence-electron chi connectivity index (χ1n) is 7.91. The highest BCUT2D eigenvalue weighted by Gasteiger charge is 2.38. The summed E-state index contributed by atoms with van der Waals surface area (Å²) in [6, 6.07) is 0.216. The molecule has 3 atom stereocenters. The fraction of sp³-hybridized carbons (Fsp3) is 0.733. The van der Waals surface area contributed by atoms with E-state index in [1.165, 1.54) is 0 Å². The van der Waals surface area contributed by atoms with Crippen LogP contribution in [0, 0.1) is 0 Å². The molecule has 1 amide bonds. The third-order valence-electron chi connectivity index (χ3n) is 4.79. The Hall–Kier alpha value is -1.02. The molecule has 0 aromatic carbocycles. The zero-order chi connectivity index (χ0) is 15.5. The molecule has 22 heavy (non-hydrogen) atoms. The Morgan fingerprint density at radius 3 is 3.14 bits per heavy atom. The predicted octanol–water partition coefficient (Wildman–Crippen LogP) is 0.289. The van der Waals surface area contributed by atoms with E-state index in [1.54, 1.807) is 11.3 Å². The second kappa shape index (κ2) is 7.04. The molecule has 0 bridgehead atoms. The molecule has 6 nitrogen and oxygen atoms in total. The molecule has 2 heterocycles. The molecule has 3 rings (SSSR count). The molecule has 1 saturated heterocycles. The van der Waals surface area contributed by atoms with Crippen molar-refractivity contribution in [2.75, 3.05) is 26.7 Å². The predicted molar refractivity (Wildman–Crippen MR) is 85.6 cm³/mol. The van der Waals surface area contributed by atoms with Crippen molar-refractivity contribution in [2.24, 2.45) is 0 Å². The zero-order valence-corrected chi connectivity index (χ0v) is 13.8. The Morgan fingerprint density at radius 2 is 2.41 bits per heavy atom. The highest BCUT2D eigenvalue weighted by Crippen LogP contribution is 2.27. The first kappa shape index (κ1) is 15.9. The summed E-state index contributed by atoms with van der Waals surface area (Å²) in [4.78, 5) is 20.3. The van der Waals surface area contributed by atoms with E-state index in [0.717, 1.165) is 38.0 Å². The van der Waals surface area contributed by atoms with Gasteiger partial charge in [-0.05, 0) is 19.9 Å². The van der Waals surface area contributed by atoms with E-state index < -0.39 is 6.10 Å². The number of nitrogens with one attached hydrogen (secondary N) is 1. The molecule has 2 aliphatic rings. The Bertz CT molecular complexity index is 496. The van der Waals surface area contributed by atoms with Crippen LogP contribution in [0.5, 0.6) is 0 Å². The zero-order valence-electron chi connectivity index (χ0n) is 12.9. The van der Waals surface area contributed by atoms with Crippen molar-refractivity contribution in [3.05, 3.63) is 16.6 Å². The van der Waals surface area contributed by atoms with Gasteiger partial charge >= 0.3 is 0 Å². The summed E-state index contributed by atoms with van der Waals surface area (Å²) in [5, 5.41) is 15.7. The van der Waals surface area contributed by atoms with Crippen molar-refractivity contribution in [1.29, 1.82) is 0 Å². The summed E-state index contributed by atoms with van der Waals surface area (Å²) in [5.41, 5.74) is 2.90. The molecule has 7 heteroatoms. The number of carbonyl (C=O) groups is 1. The van der Waals surface area contributed by atoms with Gasteiger partial charge in [-0.1, -0.05) is 6.42 Å². The Labute approximate surface area is 135 Å². The molecule has 1 aromatic heterocycles. The Morgan fingerprint density at radius 1 is 1.55 bits per heavy atom. The molecular weight excluding hydrogens is 300 g/mol. The van der Waals surface area contributed by atoms with Crippen molar-refractivity contribution in [2.45, 2.75) is 44.0 Å². The molecule has 0 unspecified atom stereocenters. The van der Waals surface area contributed by atoms with E-state index in [2.05, 4.69) is 32.5 Å². The van der Waals surface area contributed by atoms with Crippen molar-refractivity contribution < 1.29 is 9.90 Å². The number of likely N-dealkylation sites (N-methyl/N-ethyl adjacent to an activating group) is 1. The SMILES string of the molecule is CN(Cc1cscn1)[C@H]1CCC[C@H](N2CCNC(=O)C2)[C@H]1O. The number of piperazine rings is 1. The maximum absolute atomic E-state index is 11.6. The number of aliphatic hydroxyl groups excluding tert-OH is 1. The molecule has 1 saturated carbocycles. The smallest absolute Gasteiger partial charge is 0.234 e. The first-order chi connectivity index (χ1) is 10.6. The van der Waals surface area contributed by atoms with Gasteiger partial charge in [0.05, 0.1) is 23.9 Å². The summed E-state index contributed by atoms with van der Waals surface area (Å²) in [5.74, 6) is 0.0661. The average molecular weight is 324 g/mol. The maximum Gasteiger partial charge on any atom is 0.234 e. The number of carbonyl (C=O) groups excluding carboxylic acids is 1. The van der Waals surface area contributed by atoms with Gasteiger partial charge in [0.1, 0.15) is 0 Å². The molecular formula is C15H24N4O2S. The van der Waals surface area contributed by atoms with Crippen molar-refractivity contribution in [1.82, 2.24) is 20.1 Å². The van der Waals surface area contributed by atoms with Crippen LogP contribution in [0.3, 0.4) is 0 Å². The molecule has 1 aliphatic heterocycles. The van der Waals surface area contributed by atoms with Crippen LogP contribution in [-0.2, 0) is 11.3 Å². The Kier molecular flexibility index (Phi) is 5.07. The van der Waals surface area contributed by atoms with E-state index in [1.807, 2.05) is 5.51 Å². The van der Waals surface area contributed by atoms with Crippen LogP contribution in [0.25, 0.3) is 0 Å². The number of nitrogens with zero attached hydrogens (tertiary/aromatic N) is 3. The lowest BCUT2D eigenvalue weighted by Crippen LogP contribution is -2.60. The van der Waals surface area contributed by atoms with E-state index in [9.17, 15) is 9.90 Å². The van der Waals surface area contributed by atoms with Gasteiger partial charge in [0, 0.05) is 37.1 Å². The molecule has 1 aliphatic carbocycles. The first-order valence-corrected chi connectivity index (χ1v) is 8.85. The van der Waals surface area contributed by atoms with Crippen LogP contribution in [0.2, 0.25) is 0 Å². The number of amides is 1. The number of rotatable bonds is 4. The largest absolute Gasteiger partial charge is 0.390 e. The minimum Gasteiger partial charge on any atom is -0.390 e. The van der Waals surface area contributed by atoms with E-state index >= 15 is 0 Å². The van der Waals surface area contributed by atoms with Crippen LogP contribution in [0.1, 0.15) is 25.0 Å². The summed E-state index contributed by atoms with van der Waals surface area (Å²) >= 11 is 1.60. The van der Waals surface area contributed by atoms with Crippen molar-refractivity contribution in [3.63, 3.8) is 0 Å². The molecule has 1 aromatic rings. The van der Waals surface area contributed by atoms with Crippen LogP contribution in [0.4, 0.5) is 0 Å². The highest BCUT2D eigenvalue weighted by molar-refractivity contribution is 7.07. The van der Waals surface area contributed by atoms with Crippen LogP contribution < -0.4 is 5.32 Å². The third kappa shape index (κ3) is 3.48. The van der Waals surface area contributed by atoms with Gasteiger partial charge in [0.15, 0.2) is 0 Å². The molecule has 0 radical (unpaired) electrons.